The molecule has 5 heteroatoms. The number of nitrogens with one attached hydrogen (secondary N) is 2. The van der Waals surface area contributed by atoms with Crippen LogP contribution in [-0.2, 0) is 19.4 Å². The van der Waals surface area contributed by atoms with Crippen molar-refractivity contribution < 1.29 is 4.58 Å². The largest absolute Gasteiger partial charge is 0.370 e. The quantitative estimate of drug-likeness (QED) is 0.607. The summed E-state index contributed by atoms with van der Waals surface area (Å²) >= 11 is 0. The molecule has 1 aliphatic rings. The molecule has 1 aliphatic heterocycles. The summed E-state index contributed by atoms with van der Waals surface area (Å²) in [5, 5.41) is 6.66. The van der Waals surface area contributed by atoms with Gasteiger partial charge in [0.2, 0.25) is 0 Å². The van der Waals surface area contributed by atoms with Gasteiger partial charge >= 0.3 is 0 Å². The first-order valence-electron chi connectivity index (χ1n) is 8.35. The van der Waals surface area contributed by atoms with Crippen LogP contribution in [0.1, 0.15) is 23.2 Å². The van der Waals surface area contributed by atoms with E-state index in [1.807, 2.05) is 22.9 Å². The topological polar surface area (TPSA) is 52.9 Å². The summed E-state index contributed by atoms with van der Waals surface area (Å²) < 4.78 is 1.88. The standard InChI is InChI=1S/C19H24N5/c1-15(22-14-16-5-3-10-20-13-16)24(2)12-9-18-8-7-17-6-4-11-21-19(17)23-18/h3,5,7-8,10,13,22H,1-2,4,6,9,11-12,14H2,(H,21,23)/q+1. The summed E-state index contributed by atoms with van der Waals surface area (Å²) in [7, 11) is 0. The lowest BCUT2D eigenvalue weighted by molar-refractivity contribution is -0.473. The fourth-order valence-electron chi connectivity index (χ4n) is 2.71. The Morgan fingerprint density at radius 3 is 3.08 bits per heavy atom. The molecule has 0 saturated carbocycles. The molecule has 3 rings (SSSR count). The second-order valence-corrected chi connectivity index (χ2v) is 6.02. The van der Waals surface area contributed by atoms with E-state index in [9.17, 15) is 0 Å². The molecule has 2 aromatic rings. The van der Waals surface area contributed by atoms with E-state index >= 15 is 0 Å². The molecule has 5 nitrogen and oxygen atoms in total. The molecular formula is C19H24N5+. The second-order valence-electron chi connectivity index (χ2n) is 6.02. The average Bonchev–Trinajstić information content (AvgIpc) is 2.64. The van der Waals surface area contributed by atoms with Crippen LogP contribution in [0.5, 0.6) is 0 Å². The van der Waals surface area contributed by atoms with Crippen molar-refractivity contribution in [2.75, 3.05) is 18.4 Å². The van der Waals surface area contributed by atoms with E-state index in [1.54, 1.807) is 6.20 Å². The predicted octanol–water partition coefficient (Wildman–Crippen LogP) is 2.35. The summed E-state index contributed by atoms with van der Waals surface area (Å²) in [6.45, 7) is 10.6. The predicted molar refractivity (Wildman–Crippen MR) is 97.2 cm³/mol. The minimum atomic E-state index is 0.694. The third-order valence-electron chi connectivity index (χ3n) is 4.19. The lowest BCUT2D eigenvalue weighted by Gasteiger charge is -2.17. The number of rotatable bonds is 7. The molecule has 24 heavy (non-hydrogen) atoms. The van der Waals surface area contributed by atoms with Gasteiger partial charge in [0.1, 0.15) is 12.4 Å². The summed E-state index contributed by atoms with van der Waals surface area (Å²) in [4.78, 5) is 8.82. The molecular weight excluding hydrogens is 298 g/mol. The molecule has 0 spiro atoms. The number of aromatic nitrogens is 2. The zero-order chi connectivity index (χ0) is 16.8. The lowest BCUT2D eigenvalue weighted by atomic mass is 10.1. The first-order chi connectivity index (χ1) is 11.7. The van der Waals surface area contributed by atoms with Crippen LogP contribution in [0.25, 0.3) is 0 Å². The Balaban J connectivity index is 1.49. The van der Waals surface area contributed by atoms with Crippen LogP contribution < -0.4 is 10.6 Å². The molecule has 0 fully saturated rings. The van der Waals surface area contributed by atoms with E-state index in [-0.39, 0.29) is 0 Å². The summed E-state index contributed by atoms with van der Waals surface area (Å²) in [5.74, 6) is 1.85. The van der Waals surface area contributed by atoms with Crippen molar-refractivity contribution in [3.05, 3.63) is 65.9 Å². The van der Waals surface area contributed by atoms with E-state index < -0.39 is 0 Å². The van der Waals surface area contributed by atoms with Crippen molar-refractivity contribution in [2.24, 2.45) is 0 Å². The van der Waals surface area contributed by atoms with Gasteiger partial charge in [0, 0.05) is 36.6 Å². The highest BCUT2D eigenvalue weighted by Gasteiger charge is 2.12. The highest BCUT2D eigenvalue weighted by molar-refractivity contribution is 5.47. The van der Waals surface area contributed by atoms with Crippen LogP contribution in [0.4, 0.5) is 5.82 Å². The van der Waals surface area contributed by atoms with Gasteiger partial charge in [0.25, 0.3) is 5.82 Å². The van der Waals surface area contributed by atoms with Gasteiger partial charge in [-0.25, -0.2) is 9.56 Å². The third kappa shape index (κ3) is 4.19. The molecule has 124 valence electrons. The maximum absolute atomic E-state index is 4.71. The Hall–Kier alpha value is -2.69. The van der Waals surface area contributed by atoms with Crippen molar-refractivity contribution >= 4 is 12.5 Å². The van der Waals surface area contributed by atoms with Gasteiger partial charge in [-0.15, -0.1) is 0 Å². The number of fused-ring (bicyclic) bond motifs is 1. The highest BCUT2D eigenvalue weighted by atomic mass is 15.1. The van der Waals surface area contributed by atoms with Crippen LogP contribution in [0.2, 0.25) is 0 Å². The second kappa shape index (κ2) is 7.73. The molecule has 3 heterocycles. The maximum atomic E-state index is 4.71. The lowest BCUT2D eigenvalue weighted by Crippen LogP contribution is -2.24. The fraction of sp³-hybridized carbons (Fsp3) is 0.316. The Morgan fingerprint density at radius 1 is 1.33 bits per heavy atom. The van der Waals surface area contributed by atoms with Gasteiger partial charge in [-0.3, -0.25) is 10.3 Å². The highest BCUT2D eigenvalue weighted by Crippen LogP contribution is 2.19. The number of nitrogens with zero attached hydrogens (tertiary/aromatic N) is 3. The van der Waals surface area contributed by atoms with Gasteiger partial charge in [-0.1, -0.05) is 12.1 Å². The van der Waals surface area contributed by atoms with Gasteiger partial charge in [0.05, 0.1) is 13.3 Å². The Kier molecular flexibility index (Phi) is 5.21. The molecule has 0 atom stereocenters. The smallest absolute Gasteiger partial charge is 0.266 e. The summed E-state index contributed by atoms with van der Waals surface area (Å²) in [6.07, 6.45) is 6.76. The van der Waals surface area contributed by atoms with Crippen molar-refractivity contribution in [3.8, 4) is 0 Å². The van der Waals surface area contributed by atoms with E-state index in [0.717, 1.165) is 48.8 Å². The van der Waals surface area contributed by atoms with Gasteiger partial charge in [-0.05, 0) is 37.1 Å². The fourth-order valence-corrected chi connectivity index (χ4v) is 2.71. The van der Waals surface area contributed by atoms with E-state index in [0.29, 0.717) is 6.54 Å². The zero-order valence-electron chi connectivity index (χ0n) is 14.0. The number of hydrogen-bond acceptors (Lipinski definition) is 4. The first kappa shape index (κ1) is 16.2. The van der Waals surface area contributed by atoms with Crippen molar-refractivity contribution in [1.82, 2.24) is 15.3 Å². The van der Waals surface area contributed by atoms with E-state index in [2.05, 4.69) is 41.0 Å². The molecule has 0 aliphatic carbocycles. The maximum Gasteiger partial charge on any atom is 0.266 e. The average molecular weight is 322 g/mol. The minimum absolute atomic E-state index is 0.694. The van der Waals surface area contributed by atoms with Crippen molar-refractivity contribution in [1.29, 1.82) is 0 Å². The monoisotopic (exact) mass is 322 g/mol. The normalized spacial score (nSPS) is 12.8. The third-order valence-corrected chi connectivity index (χ3v) is 4.19. The molecule has 0 unspecified atom stereocenters. The van der Waals surface area contributed by atoms with E-state index in [1.165, 1.54) is 12.0 Å². The summed E-state index contributed by atoms with van der Waals surface area (Å²) in [5.41, 5.74) is 3.52. The van der Waals surface area contributed by atoms with Crippen LogP contribution in [-0.4, -0.2) is 34.4 Å². The number of anilines is 1. The molecule has 2 aromatic heterocycles. The van der Waals surface area contributed by atoms with Crippen LogP contribution in [0.3, 0.4) is 0 Å². The molecule has 0 radical (unpaired) electrons. The molecule has 0 saturated heterocycles. The van der Waals surface area contributed by atoms with Gasteiger partial charge in [0.15, 0.2) is 0 Å². The number of pyridine rings is 2. The SMILES string of the molecule is C=C(NCc1cccnc1)[N+](=C)CCc1ccc2c(n1)NCCC2. The van der Waals surface area contributed by atoms with Crippen molar-refractivity contribution in [3.63, 3.8) is 0 Å². The molecule has 2 N–H and O–H groups in total. The minimum Gasteiger partial charge on any atom is -0.370 e. The Labute approximate surface area is 143 Å². The number of aryl methyl sites for hydroxylation is 1. The Morgan fingerprint density at radius 2 is 2.25 bits per heavy atom. The molecule has 0 amide bonds. The summed E-state index contributed by atoms with van der Waals surface area (Å²) in [6, 6.07) is 8.26. The van der Waals surface area contributed by atoms with Gasteiger partial charge in [-0.2, -0.15) is 0 Å². The van der Waals surface area contributed by atoms with Crippen LogP contribution in [0.15, 0.2) is 49.1 Å². The molecule has 0 aromatic carbocycles. The van der Waals surface area contributed by atoms with Gasteiger partial charge < -0.3 is 5.32 Å². The first-order valence-corrected chi connectivity index (χ1v) is 8.35. The van der Waals surface area contributed by atoms with Crippen molar-refractivity contribution in [2.45, 2.75) is 25.8 Å². The Bertz CT molecular complexity index is 724. The van der Waals surface area contributed by atoms with Crippen LogP contribution >= 0.6 is 0 Å². The molecule has 0 bridgehead atoms. The van der Waals surface area contributed by atoms with Crippen LogP contribution in [0, 0.1) is 0 Å². The van der Waals surface area contributed by atoms with E-state index in [4.69, 9.17) is 4.98 Å². The number of hydrogen-bond donors (Lipinski definition) is 2. The zero-order valence-corrected chi connectivity index (χ0v) is 14.0.